The molecule has 6 nitrogen and oxygen atoms in total. The van der Waals surface area contributed by atoms with Crippen LogP contribution in [0, 0.1) is 5.41 Å². The first-order valence-electron chi connectivity index (χ1n) is 9.68. The number of fused-ring (bicyclic) bond motifs is 1. The van der Waals surface area contributed by atoms with Gasteiger partial charge in [-0.3, -0.25) is 4.79 Å². The highest BCUT2D eigenvalue weighted by atomic mass is 35.5. The lowest BCUT2D eigenvalue weighted by Crippen LogP contribution is -2.36. The van der Waals surface area contributed by atoms with Crippen molar-refractivity contribution >= 4 is 41.8 Å². The first-order chi connectivity index (χ1) is 13.6. The van der Waals surface area contributed by atoms with Gasteiger partial charge in [0.15, 0.2) is 0 Å². The van der Waals surface area contributed by atoms with E-state index in [2.05, 4.69) is 6.92 Å². The zero-order chi connectivity index (χ0) is 19.6. The molecule has 2 heterocycles. The maximum atomic E-state index is 13.0. The molecular weight excluding hydrogens is 423 g/mol. The van der Waals surface area contributed by atoms with Crippen LogP contribution in [0.1, 0.15) is 19.2 Å². The van der Waals surface area contributed by atoms with Gasteiger partial charge in [-0.1, -0.05) is 37.3 Å². The lowest BCUT2D eigenvalue weighted by atomic mass is 9.90. The average molecular weight is 451 g/mol. The fourth-order valence-corrected chi connectivity index (χ4v) is 3.72. The summed E-state index contributed by atoms with van der Waals surface area (Å²) >= 11 is 0. The zero-order valence-electron chi connectivity index (χ0n) is 17.0. The summed E-state index contributed by atoms with van der Waals surface area (Å²) in [7, 11) is 0. The number of hydrogen-bond donors (Lipinski definition) is 1. The third-order valence-corrected chi connectivity index (χ3v) is 5.54. The van der Waals surface area contributed by atoms with E-state index >= 15 is 0 Å². The molecule has 1 atom stereocenters. The van der Waals surface area contributed by atoms with Crippen molar-refractivity contribution in [1.29, 1.82) is 0 Å². The maximum absolute atomic E-state index is 13.0. The van der Waals surface area contributed by atoms with Gasteiger partial charge in [-0.25, -0.2) is 4.98 Å². The van der Waals surface area contributed by atoms with Crippen LogP contribution in [-0.4, -0.2) is 40.0 Å². The lowest BCUT2D eigenvalue weighted by molar-refractivity contribution is -0.131. The van der Waals surface area contributed by atoms with Crippen molar-refractivity contribution < 1.29 is 9.53 Å². The molecule has 3 aromatic rings. The van der Waals surface area contributed by atoms with Crippen molar-refractivity contribution in [1.82, 2.24) is 14.5 Å². The van der Waals surface area contributed by atoms with Crippen LogP contribution in [0.3, 0.4) is 0 Å². The van der Waals surface area contributed by atoms with E-state index < -0.39 is 0 Å². The second-order valence-corrected chi connectivity index (χ2v) is 7.78. The van der Waals surface area contributed by atoms with Gasteiger partial charge in [0.25, 0.3) is 0 Å². The lowest BCUT2D eigenvalue weighted by Gasteiger charge is -2.23. The molecule has 1 aliphatic rings. The molecule has 0 aliphatic carbocycles. The van der Waals surface area contributed by atoms with Gasteiger partial charge in [0.1, 0.15) is 24.7 Å². The van der Waals surface area contributed by atoms with Crippen molar-refractivity contribution in [2.45, 2.75) is 26.5 Å². The van der Waals surface area contributed by atoms with E-state index in [1.54, 1.807) is 0 Å². The standard InChI is InChI=1S/C22H26N4O2.2ClH/c1-22(15-23)11-12-25(16-22)21(27)13-26-19-10-6-5-9-18(19)24-20(26)14-28-17-7-3-2-4-8-17;;/h2-10H,11-16,23H2,1H3;2*1H. The summed E-state index contributed by atoms with van der Waals surface area (Å²) in [4.78, 5) is 19.6. The van der Waals surface area contributed by atoms with E-state index in [9.17, 15) is 4.79 Å². The minimum absolute atomic E-state index is 0. The summed E-state index contributed by atoms with van der Waals surface area (Å²) < 4.78 is 7.87. The molecule has 2 aromatic carbocycles. The van der Waals surface area contributed by atoms with Gasteiger partial charge in [-0.05, 0) is 42.6 Å². The Morgan fingerprint density at radius 1 is 1.13 bits per heavy atom. The first kappa shape index (κ1) is 24.0. The number of nitrogens with zero attached hydrogens (tertiary/aromatic N) is 3. The topological polar surface area (TPSA) is 73.4 Å². The molecule has 0 bridgehead atoms. The maximum Gasteiger partial charge on any atom is 0.242 e. The summed E-state index contributed by atoms with van der Waals surface area (Å²) in [5, 5.41) is 0. The van der Waals surface area contributed by atoms with Crippen LogP contribution in [0.25, 0.3) is 11.0 Å². The number of hydrogen-bond acceptors (Lipinski definition) is 4. The fraction of sp³-hybridized carbons (Fsp3) is 0.364. The van der Waals surface area contributed by atoms with Gasteiger partial charge in [0.2, 0.25) is 5.91 Å². The van der Waals surface area contributed by atoms with E-state index in [1.165, 1.54) is 0 Å². The van der Waals surface area contributed by atoms with E-state index in [0.29, 0.717) is 19.7 Å². The Kier molecular flexibility index (Phi) is 8.12. The number of imidazole rings is 1. The monoisotopic (exact) mass is 450 g/mol. The number of benzene rings is 2. The van der Waals surface area contributed by atoms with E-state index in [4.69, 9.17) is 15.5 Å². The molecule has 0 spiro atoms. The van der Waals surface area contributed by atoms with Crippen LogP contribution < -0.4 is 10.5 Å². The largest absolute Gasteiger partial charge is 0.486 e. The molecule has 30 heavy (non-hydrogen) atoms. The highest BCUT2D eigenvalue weighted by molar-refractivity contribution is 5.85. The van der Waals surface area contributed by atoms with Crippen LogP contribution in [-0.2, 0) is 17.9 Å². The second-order valence-electron chi connectivity index (χ2n) is 7.78. The van der Waals surface area contributed by atoms with Gasteiger partial charge < -0.3 is 19.9 Å². The summed E-state index contributed by atoms with van der Waals surface area (Å²) in [6.45, 7) is 4.79. The molecule has 1 fully saturated rings. The molecule has 1 saturated heterocycles. The number of carbonyl (C=O) groups excluding carboxylic acids is 1. The third kappa shape index (κ3) is 5.06. The number of carbonyl (C=O) groups is 1. The molecular formula is C22H28Cl2N4O2. The molecule has 0 radical (unpaired) electrons. The number of nitrogens with two attached hydrogens (primary N) is 1. The quantitative estimate of drug-likeness (QED) is 0.621. The van der Waals surface area contributed by atoms with Crippen molar-refractivity contribution in [2.24, 2.45) is 11.1 Å². The van der Waals surface area contributed by atoms with Crippen molar-refractivity contribution in [3.63, 3.8) is 0 Å². The van der Waals surface area contributed by atoms with Gasteiger partial charge in [-0.2, -0.15) is 0 Å². The number of aromatic nitrogens is 2. The Balaban J connectivity index is 0.00000160. The smallest absolute Gasteiger partial charge is 0.242 e. The summed E-state index contributed by atoms with van der Waals surface area (Å²) in [5.41, 5.74) is 7.73. The SMILES string of the molecule is CC1(CN)CCN(C(=O)Cn2c(COc3ccccc3)nc3ccccc32)C1.Cl.Cl. The Hall–Kier alpha value is -2.28. The number of para-hydroxylation sites is 3. The van der Waals surface area contributed by atoms with Crippen LogP contribution in [0.4, 0.5) is 0 Å². The second kappa shape index (κ2) is 10.2. The van der Waals surface area contributed by atoms with Crippen molar-refractivity contribution in [3.05, 3.63) is 60.4 Å². The Morgan fingerprint density at radius 3 is 2.53 bits per heavy atom. The minimum Gasteiger partial charge on any atom is -0.486 e. The van der Waals surface area contributed by atoms with Gasteiger partial charge in [0, 0.05) is 13.1 Å². The number of halogens is 2. The Morgan fingerprint density at radius 2 is 1.83 bits per heavy atom. The van der Waals surface area contributed by atoms with Gasteiger partial charge in [0.05, 0.1) is 11.0 Å². The normalized spacial score (nSPS) is 18.0. The number of amides is 1. The molecule has 2 N–H and O–H groups in total. The van der Waals surface area contributed by atoms with Crippen molar-refractivity contribution in [3.8, 4) is 5.75 Å². The average Bonchev–Trinajstić information content (AvgIpc) is 3.29. The molecule has 162 valence electrons. The number of likely N-dealkylation sites (tertiary alicyclic amines) is 1. The number of ether oxygens (including phenoxy) is 1. The van der Waals surface area contributed by atoms with Crippen LogP contribution in [0.2, 0.25) is 0 Å². The van der Waals surface area contributed by atoms with Gasteiger partial charge >= 0.3 is 0 Å². The van der Waals surface area contributed by atoms with E-state index in [1.807, 2.05) is 64.1 Å². The van der Waals surface area contributed by atoms with E-state index in [-0.39, 0.29) is 42.7 Å². The molecule has 1 amide bonds. The predicted octanol–water partition coefficient (Wildman–Crippen LogP) is 3.66. The zero-order valence-corrected chi connectivity index (χ0v) is 18.6. The number of rotatable bonds is 6. The summed E-state index contributed by atoms with van der Waals surface area (Å²) in [6.07, 6.45) is 0.948. The van der Waals surface area contributed by atoms with Gasteiger partial charge in [-0.15, -0.1) is 24.8 Å². The minimum atomic E-state index is 0. The highest BCUT2D eigenvalue weighted by Crippen LogP contribution is 2.29. The molecule has 1 aromatic heterocycles. The highest BCUT2D eigenvalue weighted by Gasteiger charge is 2.35. The van der Waals surface area contributed by atoms with Crippen molar-refractivity contribution in [2.75, 3.05) is 19.6 Å². The molecule has 1 aliphatic heterocycles. The molecule has 8 heteroatoms. The summed E-state index contributed by atoms with van der Waals surface area (Å²) in [5.74, 6) is 1.63. The van der Waals surface area contributed by atoms with Crippen LogP contribution >= 0.6 is 24.8 Å². The summed E-state index contributed by atoms with van der Waals surface area (Å²) in [6, 6.07) is 17.5. The molecule has 1 unspecified atom stereocenters. The van der Waals surface area contributed by atoms with E-state index in [0.717, 1.165) is 35.6 Å². The molecule has 4 rings (SSSR count). The Bertz CT molecular complexity index is 980. The first-order valence-corrected chi connectivity index (χ1v) is 9.68. The predicted molar refractivity (Wildman–Crippen MR) is 123 cm³/mol. The molecule has 0 saturated carbocycles. The Labute approximate surface area is 189 Å². The fourth-order valence-electron chi connectivity index (χ4n) is 3.72. The van der Waals surface area contributed by atoms with Crippen LogP contribution in [0.5, 0.6) is 5.75 Å². The van der Waals surface area contributed by atoms with Crippen LogP contribution in [0.15, 0.2) is 54.6 Å². The third-order valence-electron chi connectivity index (χ3n) is 5.54.